The maximum atomic E-state index is 13.5. The average Bonchev–Trinajstić information content (AvgIpc) is 3.74. The molecule has 0 radical (unpaired) electrons. The number of hydrogen-bond acceptors (Lipinski definition) is 10. The highest BCUT2D eigenvalue weighted by atomic mass is 32.2. The summed E-state index contributed by atoms with van der Waals surface area (Å²) in [5, 5.41) is 22.3. The second-order valence-electron chi connectivity index (χ2n) is 20.2. The Hall–Kier alpha value is -4.82. The monoisotopic (exact) mass is 948 g/mol. The molecular weight excluding hydrogens is 880 g/mol. The van der Waals surface area contributed by atoms with Gasteiger partial charge in [-0.25, -0.2) is 0 Å². The van der Waals surface area contributed by atoms with Gasteiger partial charge in [0.05, 0.1) is 24.4 Å². The van der Waals surface area contributed by atoms with E-state index in [0.717, 1.165) is 59.6 Å². The van der Waals surface area contributed by atoms with E-state index in [0.29, 0.717) is 26.1 Å². The van der Waals surface area contributed by atoms with Crippen molar-refractivity contribution in [2.24, 2.45) is 14.1 Å². The van der Waals surface area contributed by atoms with Crippen molar-refractivity contribution in [3.05, 3.63) is 114 Å². The number of nitrogens with zero attached hydrogens (tertiary/aromatic N) is 2. The average molecular weight is 949 g/mol. The van der Waals surface area contributed by atoms with Gasteiger partial charge in [-0.15, -0.1) is 23.5 Å². The Balaban J connectivity index is 0.000000229. The zero-order valence-corrected chi connectivity index (χ0v) is 43.4. The van der Waals surface area contributed by atoms with Crippen molar-refractivity contribution in [3.63, 3.8) is 0 Å². The number of aryl methyl sites for hydroxylation is 2. The number of phenols is 2. The van der Waals surface area contributed by atoms with Crippen LogP contribution in [0.4, 0.5) is 0 Å². The van der Waals surface area contributed by atoms with Crippen molar-refractivity contribution < 1.29 is 38.6 Å². The van der Waals surface area contributed by atoms with Gasteiger partial charge in [-0.05, 0) is 107 Å². The Bertz CT molecular complexity index is 2700. The summed E-state index contributed by atoms with van der Waals surface area (Å²) >= 11 is 3.43. The molecule has 67 heavy (non-hydrogen) atoms. The predicted molar refractivity (Wildman–Crippen MR) is 275 cm³/mol. The van der Waals surface area contributed by atoms with Crippen LogP contribution in [0.3, 0.4) is 0 Å². The van der Waals surface area contributed by atoms with Crippen LogP contribution in [0.5, 0.6) is 11.5 Å². The number of hydrogen-bond donors (Lipinski definition) is 2. The molecule has 2 atom stereocenters. The summed E-state index contributed by atoms with van der Waals surface area (Å²) < 4.78 is 27.6. The lowest BCUT2D eigenvalue weighted by Gasteiger charge is -2.32. The predicted octanol–water partition coefficient (Wildman–Crippen LogP) is 11.6. The van der Waals surface area contributed by atoms with Gasteiger partial charge in [0.25, 0.3) is 0 Å². The van der Waals surface area contributed by atoms with E-state index >= 15 is 0 Å². The van der Waals surface area contributed by atoms with E-state index in [1.165, 1.54) is 0 Å². The zero-order valence-electron chi connectivity index (χ0n) is 41.8. The highest BCUT2D eigenvalue weighted by Gasteiger charge is 2.51. The summed E-state index contributed by atoms with van der Waals surface area (Å²) in [6, 6.07) is 28.9. The first-order valence-electron chi connectivity index (χ1n) is 23.2. The van der Waals surface area contributed by atoms with Crippen molar-refractivity contribution in [1.29, 1.82) is 0 Å². The lowest BCUT2D eigenvalue weighted by Crippen LogP contribution is -2.41. The number of benzene rings is 4. The maximum Gasteiger partial charge on any atom is 0.494 e. The molecule has 7 rings (SSSR count). The summed E-state index contributed by atoms with van der Waals surface area (Å²) in [6.45, 7) is 25.4. The highest BCUT2D eigenvalue weighted by Crippen LogP contribution is 2.47. The smallest absolute Gasteiger partial charge is 0.494 e. The van der Waals surface area contributed by atoms with Crippen molar-refractivity contribution >= 4 is 69.8 Å². The van der Waals surface area contributed by atoms with E-state index in [2.05, 4.69) is 56.7 Å². The van der Waals surface area contributed by atoms with Crippen LogP contribution in [0.25, 0.3) is 21.8 Å². The van der Waals surface area contributed by atoms with Crippen LogP contribution >= 0.6 is 23.5 Å². The van der Waals surface area contributed by atoms with Gasteiger partial charge < -0.3 is 38.1 Å². The van der Waals surface area contributed by atoms with Gasteiger partial charge in [0.15, 0.2) is 0 Å². The van der Waals surface area contributed by atoms with Crippen LogP contribution in [0, 0.1) is 0 Å². The normalized spacial score (nSPS) is 15.6. The van der Waals surface area contributed by atoms with Crippen LogP contribution in [0.1, 0.15) is 117 Å². The van der Waals surface area contributed by atoms with Crippen LogP contribution in [-0.2, 0) is 55.3 Å². The topological polar surface area (TPSA) is 121 Å². The summed E-state index contributed by atoms with van der Waals surface area (Å²) in [6.07, 6.45) is 1.02. The number of carbonyl (C=O) groups is 2. The third kappa shape index (κ3) is 11.9. The Morgan fingerprint density at radius 2 is 1.04 bits per heavy atom. The van der Waals surface area contributed by atoms with Crippen LogP contribution < -0.4 is 5.46 Å². The van der Waals surface area contributed by atoms with Crippen molar-refractivity contribution in [1.82, 2.24) is 9.13 Å². The second kappa shape index (κ2) is 20.4. The molecule has 0 bridgehead atoms. The van der Waals surface area contributed by atoms with E-state index in [1.54, 1.807) is 47.8 Å². The molecule has 0 amide bonds. The Labute approximate surface area is 406 Å². The molecule has 2 unspecified atom stereocenters. The van der Waals surface area contributed by atoms with Crippen molar-refractivity contribution in [3.8, 4) is 11.5 Å². The first-order chi connectivity index (χ1) is 31.3. The van der Waals surface area contributed by atoms with Gasteiger partial charge in [0.1, 0.15) is 23.3 Å². The summed E-state index contributed by atoms with van der Waals surface area (Å²) in [4.78, 5) is 28.6. The number of carbonyl (C=O) groups excluding carboxylic acids is 2. The SMILES string of the molecule is CCOC(=O)C(Cc1cccc(B2OC(C)(C)C(C)(C)O2)c1)c1c(SC(C)(C)C)c2cc(O)ccc2n1C.CCOC(=O)C(Cc1ccccc1)c1c(SC(C)(C)C)c2cc(O)ccc2n1C. The quantitative estimate of drug-likeness (QED) is 0.0657. The molecule has 358 valence electrons. The molecule has 0 aliphatic carbocycles. The lowest BCUT2D eigenvalue weighted by atomic mass is 9.77. The molecule has 1 aliphatic heterocycles. The molecule has 1 fully saturated rings. The standard InChI is InChI=1S/C30H40BNO5S.C24H29NO3S/c1-10-35-27(34)23(17-19-12-11-13-20(16-19)31-36-29(5,6)30(7,8)37-31)25-26(38-28(2,3)4)22-18-21(33)14-15-24(22)32(25)9;1-6-28-23(27)19(14-16-10-8-7-9-11-16)21-22(29-24(2,3)4)18-15-17(26)12-13-20(18)25(21)5/h11-16,18,23,33H,10,17H2,1-9H3;7-13,15,19,26H,6,14H2,1-5H3. The number of fused-ring (bicyclic) bond motifs is 2. The number of rotatable bonds is 13. The molecule has 4 aromatic carbocycles. The highest BCUT2D eigenvalue weighted by molar-refractivity contribution is 8.01. The molecule has 6 aromatic rings. The molecule has 3 heterocycles. The van der Waals surface area contributed by atoms with Crippen LogP contribution in [-0.4, -0.2) is 72.3 Å². The molecular formula is C54H69BN2O8S2. The number of phenolic OH excluding ortho intramolecular Hbond substituents is 2. The largest absolute Gasteiger partial charge is 0.508 e. The van der Waals surface area contributed by atoms with Gasteiger partial charge in [0, 0.05) is 66.6 Å². The minimum Gasteiger partial charge on any atom is -0.508 e. The first kappa shape index (κ1) is 51.6. The maximum absolute atomic E-state index is 13.5. The van der Waals surface area contributed by atoms with E-state index in [4.69, 9.17) is 18.8 Å². The van der Waals surface area contributed by atoms with Crippen LogP contribution in [0.2, 0.25) is 0 Å². The van der Waals surface area contributed by atoms with Crippen LogP contribution in [0.15, 0.2) is 101 Å². The number of ether oxygens (including phenoxy) is 2. The molecule has 0 saturated carbocycles. The summed E-state index contributed by atoms with van der Waals surface area (Å²) in [7, 11) is 3.49. The molecule has 2 N–H and O–H groups in total. The van der Waals surface area contributed by atoms with Crippen molar-refractivity contribution in [2.45, 2.75) is 138 Å². The number of aromatic nitrogens is 2. The third-order valence-electron chi connectivity index (χ3n) is 12.2. The van der Waals surface area contributed by atoms with E-state index in [1.807, 2.05) is 116 Å². The number of thioether (sulfide) groups is 2. The van der Waals surface area contributed by atoms with Gasteiger partial charge in [-0.1, -0.05) is 96.1 Å². The van der Waals surface area contributed by atoms with E-state index in [-0.39, 0.29) is 32.9 Å². The summed E-state index contributed by atoms with van der Waals surface area (Å²) in [5.74, 6) is -1.02. The fraction of sp³-hybridized carbons (Fsp3) is 0.444. The van der Waals surface area contributed by atoms with Gasteiger partial charge in [0.2, 0.25) is 0 Å². The molecule has 1 saturated heterocycles. The minimum atomic E-state index is -0.534. The fourth-order valence-corrected chi connectivity index (χ4v) is 11.0. The Kier molecular flexibility index (Phi) is 15.7. The van der Waals surface area contributed by atoms with Crippen molar-refractivity contribution in [2.75, 3.05) is 13.2 Å². The molecule has 13 heteroatoms. The number of esters is 2. The third-order valence-corrected chi connectivity index (χ3v) is 14.7. The van der Waals surface area contributed by atoms with E-state index < -0.39 is 30.2 Å². The summed E-state index contributed by atoms with van der Waals surface area (Å²) in [5.41, 5.74) is 5.93. The van der Waals surface area contributed by atoms with E-state index in [9.17, 15) is 19.8 Å². The molecule has 2 aromatic heterocycles. The second-order valence-corrected chi connectivity index (χ2v) is 23.9. The number of aromatic hydroxyl groups is 2. The zero-order chi connectivity index (χ0) is 49.2. The Morgan fingerprint density at radius 3 is 1.46 bits per heavy atom. The fourth-order valence-electron chi connectivity index (χ4n) is 8.45. The molecule has 0 spiro atoms. The molecule has 10 nitrogen and oxygen atoms in total. The minimum absolute atomic E-state index is 0.0551. The van der Waals surface area contributed by atoms with Gasteiger partial charge in [-0.3, -0.25) is 9.59 Å². The Morgan fingerprint density at radius 1 is 0.627 bits per heavy atom. The lowest BCUT2D eigenvalue weighted by molar-refractivity contribution is -0.146. The molecule has 1 aliphatic rings. The first-order valence-corrected chi connectivity index (χ1v) is 24.8. The van der Waals surface area contributed by atoms with Gasteiger partial charge in [-0.2, -0.15) is 0 Å². The van der Waals surface area contributed by atoms with Gasteiger partial charge >= 0.3 is 19.1 Å².